The fourth-order valence-corrected chi connectivity index (χ4v) is 5.81. The standard InChI is InChI=1S/C28H35ClN2O/c1-20-4-7-23-8-13-26(16-27(23)30-20)32-18-22-6-5-21(2)31(17-22)19-28(14-3-15-28)24-9-11-25(29)12-10-24/h8-13,16,21-22,30H,1,3-7,14-15,17-19H2,2H3. The molecule has 1 saturated heterocycles. The zero-order chi connectivity index (χ0) is 22.1. The predicted molar refractivity (Wildman–Crippen MR) is 134 cm³/mol. The largest absolute Gasteiger partial charge is 0.493 e. The zero-order valence-corrected chi connectivity index (χ0v) is 20.0. The van der Waals surface area contributed by atoms with Crippen molar-refractivity contribution >= 4 is 17.3 Å². The van der Waals surface area contributed by atoms with E-state index in [0.717, 1.165) is 54.7 Å². The van der Waals surface area contributed by atoms with Crippen LogP contribution in [0.4, 0.5) is 5.69 Å². The van der Waals surface area contributed by atoms with E-state index in [4.69, 9.17) is 16.3 Å². The van der Waals surface area contributed by atoms with Crippen molar-refractivity contribution in [3.8, 4) is 5.75 Å². The van der Waals surface area contributed by atoms with Crippen LogP contribution >= 0.6 is 11.6 Å². The van der Waals surface area contributed by atoms with Crippen LogP contribution < -0.4 is 10.1 Å². The van der Waals surface area contributed by atoms with Gasteiger partial charge in [0, 0.05) is 52.9 Å². The van der Waals surface area contributed by atoms with Crippen molar-refractivity contribution in [2.75, 3.05) is 25.0 Å². The van der Waals surface area contributed by atoms with E-state index in [1.54, 1.807) is 0 Å². The van der Waals surface area contributed by atoms with E-state index in [0.29, 0.717) is 17.4 Å². The number of hydrogen-bond acceptors (Lipinski definition) is 3. The Balaban J connectivity index is 1.21. The number of allylic oxidation sites excluding steroid dienone is 1. The van der Waals surface area contributed by atoms with Crippen molar-refractivity contribution in [1.29, 1.82) is 0 Å². The molecule has 1 N–H and O–H groups in total. The van der Waals surface area contributed by atoms with Crippen LogP contribution in [-0.2, 0) is 11.8 Å². The molecular weight excluding hydrogens is 416 g/mol. The summed E-state index contributed by atoms with van der Waals surface area (Å²) in [5.74, 6) is 1.54. The lowest BCUT2D eigenvalue weighted by atomic mass is 9.64. The predicted octanol–water partition coefficient (Wildman–Crippen LogP) is 6.81. The van der Waals surface area contributed by atoms with E-state index in [-0.39, 0.29) is 0 Å². The summed E-state index contributed by atoms with van der Waals surface area (Å²) < 4.78 is 6.29. The summed E-state index contributed by atoms with van der Waals surface area (Å²) >= 11 is 6.16. The molecule has 4 heteroatoms. The Labute approximate surface area is 197 Å². The third-order valence-corrected chi connectivity index (χ3v) is 8.21. The molecule has 2 atom stereocenters. The fraction of sp³-hybridized carbons (Fsp3) is 0.500. The molecule has 3 nitrogen and oxygen atoms in total. The molecule has 3 aliphatic rings. The van der Waals surface area contributed by atoms with Gasteiger partial charge in [0.1, 0.15) is 5.75 Å². The number of halogens is 1. The number of nitrogens with zero attached hydrogens (tertiary/aromatic N) is 1. The maximum absolute atomic E-state index is 6.29. The molecule has 5 rings (SSSR count). The van der Waals surface area contributed by atoms with Crippen LogP contribution in [0.25, 0.3) is 0 Å². The number of piperidine rings is 1. The Morgan fingerprint density at radius 2 is 1.94 bits per heavy atom. The van der Waals surface area contributed by atoms with E-state index < -0.39 is 0 Å². The molecule has 0 radical (unpaired) electrons. The van der Waals surface area contributed by atoms with Gasteiger partial charge in [-0.15, -0.1) is 0 Å². The van der Waals surface area contributed by atoms with Crippen molar-refractivity contribution in [2.24, 2.45) is 5.92 Å². The maximum atomic E-state index is 6.29. The van der Waals surface area contributed by atoms with E-state index in [9.17, 15) is 0 Å². The Hall–Kier alpha value is -1.97. The third-order valence-electron chi connectivity index (χ3n) is 7.96. The highest BCUT2D eigenvalue weighted by atomic mass is 35.5. The first-order valence-electron chi connectivity index (χ1n) is 12.2. The minimum absolute atomic E-state index is 0.300. The summed E-state index contributed by atoms with van der Waals surface area (Å²) in [4.78, 5) is 2.73. The second kappa shape index (κ2) is 9.11. The lowest BCUT2D eigenvalue weighted by molar-refractivity contribution is 0.0476. The van der Waals surface area contributed by atoms with Gasteiger partial charge in [-0.1, -0.05) is 42.8 Å². The van der Waals surface area contributed by atoms with Gasteiger partial charge in [-0.2, -0.15) is 0 Å². The van der Waals surface area contributed by atoms with E-state index >= 15 is 0 Å². The first kappa shape index (κ1) is 21.9. The summed E-state index contributed by atoms with van der Waals surface area (Å²) in [6.07, 6.45) is 8.46. The van der Waals surface area contributed by atoms with Crippen LogP contribution in [0.2, 0.25) is 5.02 Å². The molecule has 0 bridgehead atoms. The number of fused-ring (bicyclic) bond motifs is 1. The molecule has 1 aliphatic carbocycles. The summed E-state index contributed by atoms with van der Waals surface area (Å²) in [6, 6.07) is 15.7. The molecule has 0 spiro atoms. The highest BCUT2D eigenvalue weighted by Gasteiger charge is 2.42. The molecule has 2 aromatic carbocycles. The van der Waals surface area contributed by atoms with Crippen molar-refractivity contribution in [3.05, 3.63) is 70.9 Å². The van der Waals surface area contributed by atoms with Gasteiger partial charge >= 0.3 is 0 Å². The second-order valence-electron chi connectivity index (χ2n) is 10.2. The lowest BCUT2D eigenvalue weighted by Crippen LogP contribution is -2.52. The van der Waals surface area contributed by atoms with Crippen molar-refractivity contribution < 1.29 is 4.74 Å². The highest BCUT2D eigenvalue weighted by molar-refractivity contribution is 6.30. The third kappa shape index (κ3) is 4.56. The zero-order valence-electron chi connectivity index (χ0n) is 19.2. The van der Waals surface area contributed by atoms with Gasteiger partial charge in [-0.3, -0.25) is 4.90 Å². The van der Waals surface area contributed by atoms with Gasteiger partial charge in [-0.25, -0.2) is 0 Å². The molecule has 2 heterocycles. The molecule has 0 aromatic heterocycles. The van der Waals surface area contributed by atoms with Crippen molar-refractivity contribution in [3.63, 3.8) is 0 Å². The van der Waals surface area contributed by atoms with E-state index in [1.165, 1.54) is 43.2 Å². The van der Waals surface area contributed by atoms with E-state index in [1.807, 2.05) is 0 Å². The van der Waals surface area contributed by atoms with Crippen LogP contribution in [-0.4, -0.2) is 30.6 Å². The topological polar surface area (TPSA) is 24.5 Å². The summed E-state index contributed by atoms with van der Waals surface area (Å²) in [5, 5.41) is 4.24. The SMILES string of the molecule is C=C1CCc2ccc(OCC3CCC(C)N(CC4(c5ccc(Cl)cc5)CCC4)C3)cc2N1. The number of ether oxygens (including phenoxy) is 1. The van der Waals surface area contributed by atoms with Crippen molar-refractivity contribution in [2.45, 2.75) is 63.3 Å². The van der Waals surface area contributed by atoms with Crippen LogP contribution in [0.15, 0.2) is 54.7 Å². The van der Waals surface area contributed by atoms with Crippen LogP contribution in [0.1, 0.15) is 56.6 Å². The molecule has 170 valence electrons. The molecule has 2 aliphatic heterocycles. The minimum atomic E-state index is 0.300. The second-order valence-corrected chi connectivity index (χ2v) is 10.7. The molecule has 2 aromatic rings. The van der Waals surface area contributed by atoms with Gasteiger partial charge in [0.2, 0.25) is 0 Å². The summed E-state index contributed by atoms with van der Waals surface area (Å²) in [7, 11) is 0. The molecule has 0 amide bonds. The number of benzene rings is 2. The monoisotopic (exact) mass is 450 g/mol. The van der Waals surface area contributed by atoms with Gasteiger partial charge in [-0.05, 0) is 74.8 Å². The van der Waals surface area contributed by atoms with Gasteiger partial charge in [0.25, 0.3) is 0 Å². The number of rotatable bonds is 6. The van der Waals surface area contributed by atoms with Crippen molar-refractivity contribution in [1.82, 2.24) is 4.90 Å². The molecule has 32 heavy (non-hydrogen) atoms. The molecule has 2 fully saturated rings. The van der Waals surface area contributed by atoms with E-state index in [2.05, 4.69) is 66.2 Å². The van der Waals surface area contributed by atoms with Crippen LogP contribution in [0.5, 0.6) is 5.75 Å². The van der Waals surface area contributed by atoms with Crippen LogP contribution in [0.3, 0.4) is 0 Å². The Morgan fingerprint density at radius 3 is 2.69 bits per heavy atom. The Kier molecular flexibility index (Phi) is 6.22. The maximum Gasteiger partial charge on any atom is 0.121 e. The smallest absolute Gasteiger partial charge is 0.121 e. The average molecular weight is 451 g/mol. The number of anilines is 1. The number of hydrogen-bond donors (Lipinski definition) is 1. The summed E-state index contributed by atoms with van der Waals surface area (Å²) in [5.41, 5.74) is 5.37. The first-order chi connectivity index (χ1) is 15.5. The molecular formula is C28H35ClN2O. The van der Waals surface area contributed by atoms with Gasteiger partial charge in [0.05, 0.1) is 6.61 Å². The molecule has 2 unspecified atom stereocenters. The van der Waals surface area contributed by atoms with Crippen LogP contribution in [0, 0.1) is 5.92 Å². The number of aryl methyl sites for hydroxylation is 1. The Morgan fingerprint density at radius 1 is 1.12 bits per heavy atom. The summed E-state index contributed by atoms with van der Waals surface area (Å²) in [6.45, 7) is 9.54. The quantitative estimate of drug-likeness (QED) is 0.522. The lowest BCUT2D eigenvalue weighted by Gasteiger charge is -2.49. The molecule has 1 saturated carbocycles. The minimum Gasteiger partial charge on any atom is -0.493 e. The average Bonchev–Trinajstić information content (AvgIpc) is 2.77. The van der Waals surface area contributed by atoms with Gasteiger partial charge < -0.3 is 10.1 Å². The highest BCUT2D eigenvalue weighted by Crippen LogP contribution is 2.45. The Bertz CT molecular complexity index is 966. The number of likely N-dealkylation sites (tertiary alicyclic amines) is 1. The van der Waals surface area contributed by atoms with Gasteiger partial charge in [0.15, 0.2) is 0 Å². The normalized spacial score (nSPS) is 24.9. The first-order valence-corrected chi connectivity index (χ1v) is 12.6. The fourth-order valence-electron chi connectivity index (χ4n) is 5.68. The number of nitrogens with one attached hydrogen (secondary N) is 1.